The van der Waals surface area contributed by atoms with Gasteiger partial charge in [0, 0.05) is 36.0 Å². The van der Waals surface area contributed by atoms with E-state index in [1.54, 1.807) is 60.7 Å². The lowest BCUT2D eigenvalue weighted by molar-refractivity contribution is -0.143. The molecule has 1 heterocycles. The van der Waals surface area contributed by atoms with Gasteiger partial charge < -0.3 is 59.9 Å². The van der Waals surface area contributed by atoms with Crippen LogP contribution in [0.3, 0.4) is 0 Å². The van der Waals surface area contributed by atoms with Crippen molar-refractivity contribution < 1.29 is 33.9 Å². The van der Waals surface area contributed by atoms with Gasteiger partial charge in [0.1, 0.15) is 30.2 Å². The Labute approximate surface area is 386 Å². The van der Waals surface area contributed by atoms with E-state index in [-0.39, 0.29) is 82.9 Å². The number of carbonyl (C=O) groups is 6. The molecule has 0 radical (unpaired) electrons. The second-order valence-electron chi connectivity index (χ2n) is 15.5. The molecule has 15 N–H and O–H groups in total. The van der Waals surface area contributed by atoms with Crippen molar-refractivity contribution in [2.45, 2.75) is 94.0 Å². The third-order valence-electron chi connectivity index (χ3n) is 10.5. The fraction of sp³-hybridized carbons (Fsp3) is 0.409. The average Bonchev–Trinajstić information content (AvgIpc) is 3.77. The van der Waals surface area contributed by atoms with Gasteiger partial charge >= 0.3 is 5.97 Å². The summed E-state index contributed by atoms with van der Waals surface area (Å²) in [4.78, 5) is 91.7. The number of benzene rings is 3. The summed E-state index contributed by atoms with van der Waals surface area (Å²) in [5.74, 6) is -4.73. The van der Waals surface area contributed by atoms with Crippen molar-refractivity contribution in [2.75, 3.05) is 19.6 Å². The first-order chi connectivity index (χ1) is 30.6. The Kier molecular flexibility index (Phi) is 20.2. The van der Waals surface area contributed by atoms with Crippen molar-refractivity contribution in [3.05, 3.63) is 105 Å². The first kappa shape index (κ1) is 50.4. The number of amides is 5. The van der Waals surface area contributed by atoms with Crippen LogP contribution in [0.15, 0.2) is 94.9 Å². The molecule has 0 aromatic heterocycles. The van der Waals surface area contributed by atoms with Crippen molar-refractivity contribution in [1.82, 2.24) is 26.2 Å². The Morgan fingerprint density at radius 1 is 0.641 bits per heavy atom. The molecule has 1 aliphatic heterocycles. The molecule has 19 nitrogen and oxygen atoms in total. The molecule has 1 saturated heterocycles. The second-order valence-corrected chi connectivity index (χ2v) is 16.7. The number of hydrogen-bond acceptors (Lipinski definition) is 9. The average molecular weight is 999 g/mol. The molecule has 3 aromatic carbocycles. The molecular formula is C44H59IN12O7. The van der Waals surface area contributed by atoms with Crippen LogP contribution in [-0.4, -0.2) is 113 Å². The van der Waals surface area contributed by atoms with E-state index < -0.39 is 71.8 Å². The molecule has 4 rings (SSSR count). The number of aliphatic carboxylic acids is 1. The minimum Gasteiger partial charge on any atom is -0.480 e. The highest BCUT2D eigenvalue weighted by Gasteiger charge is 2.40. The van der Waals surface area contributed by atoms with E-state index in [1.165, 1.54) is 4.90 Å². The first-order valence-electron chi connectivity index (χ1n) is 21.0. The van der Waals surface area contributed by atoms with E-state index in [0.717, 1.165) is 9.13 Å². The standard InChI is InChI=1S/C44H59IN12O7/c45-30-19-17-29(18-20-30)24-31(46)37(58)53-32(14-7-21-51-43(47)48)38(59)54-33(15-8-22-52-44(49)50)41(62)57-23-9-16-36(57)40(61)55-34(25-27-10-3-1-4-11-27)39(60)56-35(42(63)64)26-28-12-5-2-6-13-28/h1-6,10-13,17-20,31-36H,7-9,14-16,21-26,46H2,(H,53,58)(H,54,59)(H,55,61)(H,56,60)(H,63,64)(H4,47,48,51)(H4,49,50,52)/t31-,32+,33+,34+,35+,36+/m1/s1/i45+4. The maximum absolute atomic E-state index is 14.5. The molecule has 0 bridgehead atoms. The largest absolute Gasteiger partial charge is 0.480 e. The van der Waals surface area contributed by atoms with Gasteiger partial charge in [-0.25, -0.2) is 4.79 Å². The molecule has 20 heteroatoms. The third kappa shape index (κ3) is 16.8. The summed E-state index contributed by atoms with van der Waals surface area (Å²) in [5.41, 5.74) is 30.6. The number of nitrogens with two attached hydrogens (primary N) is 5. The summed E-state index contributed by atoms with van der Waals surface area (Å²) < 4.78 is 1.01. The van der Waals surface area contributed by atoms with Gasteiger partial charge in [-0.05, 0) is 96.4 Å². The van der Waals surface area contributed by atoms with Crippen molar-refractivity contribution in [3.8, 4) is 0 Å². The van der Waals surface area contributed by atoms with E-state index >= 15 is 0 Å². The Hall–Kier alpha value is -6.29. The molecule has 0 aliphatic carbocycles. The van der Waals surface area contributed by atoms with Crippen molar-refractivity contribution in [2.24, 2.45) is 38.7 Å². The van der Waals surface area contributed by atoms with Crippen LogP contribution in [0.25, 0.3) is 0 Å². The maximum Gasteiger partial charge on any atom is 0.326 e. The lowest BCUT2D eigenvalue weighted by atomic mass is 10.0. The highest BCUT2D eigenvalue weighted by atomic mass is 131. The normalized spacial score (nSPS) is 15.6. The van der Waals surface area contributed by atoms with Crippen LogP contribution in [0.1, 0.15) is 55.2 Å². The van der Waals surface area contributed by atoms with Crippen LogP contribution in [0.5, 0.6) is 0 Å². The molecule has 1 aliphatic rings. The second kappa shape index (κ2) is 25.7. The molecule has 0 saturated carbocycles. The maximum atomic E-state index is 14.5. The van der Waals surface area contributed by atoms with Crippen molar-refractivity contribution in [3.63, 3.8) is 0 Å². The topological polar surface area (TPSA) is 329 Å². The smallest absolute Gasteiger partial charge is 0.326 e. The predicted molar refractivity (Wildman–Crippen MR) is 251 cm³/mol. The van der Waals surface area contributed by atoms with Gasteiger partial charge in [-0.1, -0.05) is 72.8 Å². The number of guanidine groups is 2. The fourth-order valence-corrected chi connectivity index (χ4v) is 7.56. The van der Waals surface area contributed by atoms with Crippen molar-refractivity contribution >= 4 is 70.0 Å². The summed E-state index contributed by atoms with van der Waals surface area (Å²) >= 11 is 2.17. The zero-order valence-electron chi connectivity index (χ0n) is 35.5. The molecular weight excluding hydrogens is 939 g/mol. The lowest BCUT2D eigenvalue weighted by Crippen LogP contribution is -2.59. The van der Waals surface area contributed by atoms with E-state index in [0.29, 0.717) is 17.5 Å². The number of aliphatic imine (C=N–C) groups is 2. The molecule has 6 atom stereocenters. The van der Waals surface area contributed by atoms with Crippen LogP contribution in [0.2, 0.25) is 0 Å². The number of hydrogen-bond donors (Lipinski definition) is 10. The van der Waals surface area contributed by atoms with Gasteiger partial charge in [-0.15, -0.1) is 0 Å². The number of carbonyl (C=O) groups excluding carboxylic acids is 5. The van der Waals surface area contributed by atoms with Gasteiger partial charge in [0.15, 0.2) is 11.9 Å². The number of carboxylic acids is 1. The Balaban J connectivity index is 1.54. The van der Waals surface area contributed by atoms with Crippen LogP contribution >= 0.6 is 22.6 Å². The van der Waals surface area contributed by atoms with Gasteiger partial charge in [0.25, 0.3) is 0 Å². The lowest BCUT2D eigenvalue weighted by Gasteiger charge is -2.31. The number of likely N-dealkylation sites (tertiary alicyclic amines) is 1. The van der Waals surface area contributed by atoms with Gasteiger partial charge in [0.05, 0.1) is 6.04 Å². The number of rotatable bonds is 24. The fourth-order valence-electron chi connectivity index (χ4n) is 7.20. The number of carboxylic acid groups (broad SMARTS) is 1. The zero-order chi connectivity index (χ0) is 46.6. The summed E-state index contributed by atoms with van der Waals surface area (Å²) in [6.45, 7) is 0.461. The SMILES string of the molecule is NC(N)=NCCC[C@H](NC(=O)[C@H](N)Cc1ccc([131I])cc1)C(=O)N[C@@H](CCCN=C(N)N)C(=O)N1CCC[C@H]1C(=O)N[C@@H](Cc1ccccc1)C(=O)N[C@@H](Cc1ccccc1)C(=O)O. The van der Waals surface area contributed by atoms with Crippen LogP contribution in [0.4, 0.5) is 0 Å². The third-order valence-corrected chi connectivity index (χ3v) is 11.2. The van der Waals surface area contributed by atoms with Gasteiger partial charge in [-0.3, -0.25) is 34.0 Å². The van der Waals surface area contributed by atoms with Crippen molar-refractivity contribution in [1.29, 1.82) is 0 Å². The van der Waals surface area contributed by atoms with E-state index in [1.807, 2.05) is 24.3 Å². The molecule has 64 heavy (non-hydrogen) atoms. The minimum atomic E-state index is -1.29. The molecule has 1 fully saturated rings. The highest BCUT2D eigenvalue weighted by molar-refractivity contribution is 14.1. The number of nitrogens with zero attached hydrogens (tertiary/aromatic N) is 3. The Bertz CT molecular complexity index is 2080. The Morgan fingerprint density at radius 2 is 1.12 bits per heavy atom. The van der Waals surface area contributed by atoms with E-state index in [4.69, 9.17) is 28.7 Å². The molecule has 0 unspecified atom stereocenters. The zero-order valence-corrected chi connectivity index (χ0v) is 37.7. The monoisotopic (exact) mass is 998 g/mol. The minimum absolute atomic E-state index is 0.00984. The Morgan fingerprint density at radius 3 is 1.67 bits per heavy atom. The summed E-state index contributed by atoms with van der Waals surface area (Å²) in [6, 6.07) is 18.4. The summed E-state index contributed by atoms with van der Waals surface area (Å²) in [7, 11) is 0. The summed E-state index contributed by atoms with van der Waals surface area (Å²) in [6.07, 6.45) is 1.63. The summed E-state index contributed by atoms with van der Waals surface area (Å²) in [5, 5.41) is 21.0. The highest BCUT2D eigenvalue weighted by Crippen LogP contribution is 2.21. The number of nitrogens with one attached hydrogen (secondary N) is 4. The predicted octanol–water partition coefficient (Wildman–Crippen LogP) is -0.232. The molecule has 344 valence electrons. The first-order valence-corrected chi connectivity index (χ1v) is 22.1. The van der Waals surface area contributed by atoms with Gasteiger partial charge in [-0.2, -0.15) is 0 Å². The molecule has 0 spiro atoms. The quantitative estimate of drug-likeness (QED) is 0.0241. The van der Waals surface area contributed by atoms with Crippen LogP contribution in [0, 0.1) is 3.57 Å². The van der Waals surface area contributed by atoms with Crippen LogP contribution in [-0.2, 0) is 48.0 Å². The van der Waals surface area contributed by atoms with Crippen LogP contribution < -0.4 is 49.9 Å². The van der Waals surface area contributed by atoms with Gasteiger partial charge in [0.2, 0.25) is 29.5 Å². The van der Waals surface area contributed by atoms with E-state index in [2.05, 4.69) is 53.8 Å². The van der Waals surface area contributed by atoms with E-state index in [9.17, 15) is 33.9 Å². The molecule has 3 aromatic rings. The molecule has 5 amide bonds. The number of halogens is 1.